The van der Waals surface area contributed by atoms with E-state index in [2.05, 4.69) is 5.10 Å². The molecule has 0 fully saturated rings. The van der Waals surface area contributed by atoms with Crippen LogP contribution in [0, 0.1) is 0 Å². The van der Waals surface area contributed by atoms with Gasteiger partial charge in [-0.3, -0.25) is 19.5 Å². The molecule has 8 heteroatoms. The maximum atomic E-state index is 12.5. The molecule has 0 amide bonds. The van der Waals surface area contributed by atoms with Gasteiger partial charge in [0, 0.05) is 17.0 Å². The molecule has 8 nitrogen and oxygen atoms in total. The number of aromatic nitrogens is 2. The summed E-state index contributed by atoms with van der Waals surface area (Å²) in [6.45, 7) is -0.597. The highest BCUT2D eigenvalue weighted by Gasteiger charge is 2.17. The van der Waals surface area contributed by atoms with Crippen LogP contribution in [0.2, 0.25) is 0 Å². The summed E-state index contributed by atoms with van der Waals surface area (Å²) >= 11 is 0. The third-order valence-corrected chi connectivity index (χ3v) is 5.60. The summed E-state index contributed by atoms with van der Waals surface area (Å²) in [5.74, 6) is -0.712. The maximum absolute atomic E-state index is 12.5. The van der Waals surface area contributed by atoms with Crippen LogP contribution < -0.4 is 16.7 Å². The van der Waals surface area contributed by atoms with Gasteiger partial charge in [-0.05, 0) is 54.7 Å². The predicted molar refractivity (Wildman–Crippen MR) is 113 cm³/mol. The molecule has 0 aliphatic heterocycles. The van der Waals surface area contributed by atoms with Crippen molar-refractivity contribution in [1.82, 2.24) is 9.78 Å². The van der Waals surface area contributed by atoms with Crippen molar-refractivity contribution in [3.63, 3.8) is 0 Å². The van der Waals surface area contributed by atoms with Crippen LogP contribution in [0.3, 0.4) is 0 Å². The zero-order valence-electron chi connectivity index (χ0n) is 16.5. The fourth-order valence-electron chi connectivity index (χ4n) is 4.11. The lowest BCUT2D eigenvalue weighted by molar-refractivity contribution is -0.145. The molecule has 1 N–H and O–H groups in total. The van der Waals surface area contributed by atoms with E-state index in [1.54, 1.807) is 18.2 Å². The Balaban J connectivity index is 1.40. The number of benzene rings is 2. The molecule has 2 aromatic heterocycles. The van der Waals surface area contributed by atoms with E-state index in [1.807, 2.05) is 12.1 Å². The lowest BCUT2D eigenvalue weighted by atomic mass is 10.0. The van der Waals surface area contributed by atoms with Gasteiger partial charge in [-0.25, -0.2) is 9.48 Å². The van der Waals surface area contributed by atoms with Gasteiger partial charge in [-0.1, -0.05) is 12.1 Å². The first-order valence-electron chi connectivity index (χ1n) is 9.95. The van der Waals surface area contributed by atoms with Crippen LogP contribution in [0.5, 0.6) is 0 Å². The second-order valence-corrected chi connectivity index (χ2v) is 7.60. The number of H-pyrrole nitrogens is 1. The Morgan fingerprint density at radius 3 is 2.55 bits per heavy atom. The molecule has 0 atom stereocenters. The first-order chi connectivity index (χ1) is 15.0. The van der Waals surface area contributed by atoms with Crippen LogP contribution in [-0.2, 0) is 35.5 Å². The molecule has 31 heavy (non-hydrogen) atoms. The molecular weight excluding hydrogens is 400 g/mol. The zero-order valence-corrected chi connectivity index (χ0v) is 16.5. The first-order valence-corrected chi connectivity index (χ1v) is 9.95. The number of rotatable bonds is 4. The highest BCUT2D eigenvalue weighted by molar-refractivity contribution is 5.83. The van der Waals surface area contributed by atoms with E-state index in [1.165, 1.54) is 23.3 Å². The molecule has 0 spiro atoms. The number of hydrogen-bond donors (Lipinski definition) is 1. The van der Waals surface area contributed by atoms with Gasteiger partial charge in [0.25, 0.3) is 11.1 Å². The van der Waals surface area contributed by atoms with Crippen molar-refractivity contribution in [1.29, 1.82) is 0 Å². The number of carbonyl (C=O) groups is 1. The smallest absolute Gasteiger partial charge is 0.336 e. The third kappa shape index (κ3) is 3.46. The SMILES string of the molecule is O=C(Cn1[nH]c(=O)c2ccccc2c1=O)OCc1cc(=O)oc2cc3c(cc12)CCC3. The summed E-state index contributed by atoms with van der Waals surface area (Å²) in [6, 6.07) is 11.5. The number of aromatic amines is 1. The fourth-order valence-corrected chi connectivity index (χ4v) is 4.11. The van der Waals surface area contributed by atoms with E-state index < -0.39 is 29.3 Å². The molecule has 156 valence electrons. The average Bonchev–Trinajstić information content (AvgIpc) is 3.21. The van der Waals surface area contributed by atoms with Crippen molar-refractivity contribution in [2.45, 2.75) is 32.4 Å². The minimum Gasteiger partial charge on any atom is -0.459 e. The van der Waals surface area contributed by atoms with E-state index in [0.29, 0.717) is 11.1 Å². The lowest BCUT2D eigenvalue weighted by Crippen LogP contribution is -2.32. The largest absolute Gasteiger partial charge is 0.459 e. The molecular formula is C23H18N2O6. The van der Waals surface area contributed by atoms with Crippen LogP contribution in [0.1, 0.15) is 23.1 Å². The van der Waals surface area contributed by atoms with Crippen LogP contribution >= 0.6 is 0 Å². The molecule has 0 saturated carbocycles. The normalized spacial score (nSPS) is 12.9. The van der Waals surface area contributed by atoms with Crippen molar-refractivity contribution in [2.24, 2.45) is 0 Å². The van der Waals surface area contributed by atoms with E-state index in [0.717, 1.165) is 29.3 Å². The van der Waals surface area contributed by atoms with Crippen molar-refractivity contribution >= 4 is 27.7 Å². The number of aryl methyl sites for hydroxylation is 2. The van der Waals surface area contributed by atoms with Crippen molar-refractivity contribution in [2.75, 3.05) is 0 Å². The summed E-state index contributed by atoms with van der Waals surface area (Å²) in [4.78, 5) is 49.1. The van der Waals surface area contributed by atoms with Gasteiger partial charge in [0.1, 0.15) is 18.7 Å². The summed E-state index contributed by atoms with van der Waals surface area (Å²) in [5, 5.41) is 3.60. The number of carbonyl (C=O) groups excluding carboxylic acids is 1. The van der Waals surface area contributed by atoms with E-state index >= 15 is 0 Å². The second kappa shape index (κ2) is 7.39. The van der Waals surface area contributed by atoms with E-state index in [-0.39, 0.29) is 17.4 Å². The Bertz CT molecular complexity index is 1530. The number of esters is 1. The van der Waals surface area contributed by atoms with Crippen molar-refractivity contribution < 1.29 is 13.9 Å². The maximum Gasteiger partial charge on any atom is 0.336 e. The Labute approximate surface area is 174 Å². The van der Waals surface area contributed by atoms with Crippen molar-refractivity contribution in [3.05, 3.63) is 90.3 Å². The predicted octanol–water partition coefficient (Wildman–Crippen LogP) is 2.03. The number of hydrogen-bond acceptors (Lipinski definition) is 6. The van der Waals surface area contributed by atoms with Gasteiger partial charge in [-0.2, -0.15) is 0 Å². The van der Waals surface area contributed by atoms with Crippen LogP contribution in [0.4, 0.5) is 0 Å². The third-order valence-electron chi connectivity index (χ3n) is 5.60. The van der Waals surface area contributed by atoms with Crippen molar-refractivity contribution in [3.8, 4) is 0 Å². The Morgan fingerprint density at radius 1 is 1.00 bits per heavy atom. The molecule has 0 bridgehead atoms. The van der Waals surface area contributed by atoms with Crippen LogP contribution in [-0.4, -0.2) is 15.7 Å². The topological polar surface area (TPSA) is 111 Å². The van der Waals surface area contributed by atoms with Gasteiger partial charge in [0.15, 0.2) is 0 Å². The molecule has 1 aliphatic rings. The zero-order chi connectivity index (χ0) is 21.5. The Hall–Kier alpha value is -3.94. The quantitative estimate of drug-likeness (QED) is 0.401. The molecule has 2 aromatic carbocycles. The molecule has 0 radical (unpaired) electrons. The lowest BCUT2D eigenvalue weighted by Gasteiger charge is -2.10. The van der Waals surface area contributed by atoms with E-state index in [4.69, 9.17) is 9.15 Å². The minimum absolute atomic E-state index is 0.147. The number of ether oxygens (including phenoxy) is 1. The fraction of sp³-hybridized carbons (Fsp3) is 0.217. The average molecular weight is 418 g/mol. The second-order valence-electron chi connectivity index (χ2n) is 7.60. The minimum atomic E-state index is -0.712. The van der Waals surface area contributed by atoms with Gasteiger partial charge in [-0.15, -0.1) is 0 Å². The molecule has 1 aliphatic carbocycles. The highest BCUT2D eigenvalue weighted by Crippen LogP contribution is 2.28. The molecule has 0 saturated heterocycles. The summed E-state index contributed by atoms with van der Waals surface area (Å²) in [5.41, 5.74) is 1.89. The molecule has 0 unspecified atom stereocenters. The summed E-state index contributed by atoms with van der Waals surface area (Å²) < 4.78 is 11.6. The highest BCUT2D eigenvalue weighted by atomic mass is 16.5. The standard InChI is InChI=1S/C23H18N2O6/c26-20-10-15(18-8-13-4-3-5-14(13)9-19(18)31-20)12-30-21(27)11-25-23(29)17-7-2-1-6-16(17)22(28)24-25/h1-2,6-10H,3-5,11-12H2,(H,24,28). The molecule has 2 heterocycles. The summed E-state index contributed by atoms with van der Waals surface area (Å²) in [6.07, 6.45) is 2.97. The summed E-state index contributed by atoms with van der Waals surface area (Å²) in [7, 11) is 0. The number of fused-ring (bicyclic) bond motifs is 3. The van der Waals surface area contributed by atoms with Crippen LogP contribution in [0.15, 0.2) is 61.3 Å². The van der Waals surface area contributed by atoms with Gasteiger partial charge < -0.3 is 9.15 Å². The van der Waals surface area contributed by atoms with E-state index in [9.17, 15) is 19.2 Å². The monoisotopic (exact) mass is 418 g/mol. The van der Waals surface area contributed by atoms with Gasteiger partial charge >= 0.3 is 11.6 Å². The molecule has 5 rings (SSSR count). The van der Waals surface area contributed by atoms with Gasteiger partial charge in [0.2, 0.25) is 0 Å². The Morgan fingerprint density at radius 2 is 1.74 bits per heavy atom. The molecule has 4 aromatic rings. The number of nitrogens with zero attached hydrogens (tertiary/aromatic N) is 1. The number of nitrogens with one attached hydrogen (secondary N) is 1. The van der Waals surface area contributed by atoms with Gasteiger partial charge in [0.05, 0.1) is 10.8 Å². The van der Waals surface area contributed by atoms with Crippen LogP contribution in [0.25, 0.3) is 21.7 Å². The first kappa shape index (κ1) is 19.0. The Kier molecular flexibility index (Phi) is 4.54.